The zero-order chi connectivity index (χ0) is 14.3. The summed E-state index contributed by atoms with van der Waals surface area (Å²) in [5, 5.41) is 12.7. The van der Waals surface area contributed by atoms with E-state index in [1.807, 2.05) is 19.1 Å². The molecule has 0 heterocycles. The lowest BCUT2D eigenvalue weighted by Gasteiger charge is -2.27. The van der Waals surface area contributed by atoms with Crippen LogP contribution in [0, 0.1) is 17.8 Å². The second kappa shape index (κ2) is 6.24. The van der Waals surface area contributed by atoms with Gasteiger partial charge in [-0.05, 0) is 55.2 Å². The summed E-state index contributed by atoms with van der Waals surface area (Å²) in [5.74, 6) is 0.914. The number of hydrogen-bond donors (Lipinski definition) is 3. The highest BCUT2D eigenvalue weighted by molar-refractivity contribution is 5.95. The Morgan fingerprint density at radius 2 is 2.10 bits per heavy atom. The molecule has 1 amide bonds. The van der Waals surface area contributed by atoms with E-state index in [-0.39, 0.29) is 36.0 Å². The van der Waals surface area contributed by atoms with Gasteiger partial charge in [0.2, 0.25) is 5.91 Å². The molecule has 0 spiro atoms. The molecular formula is C16H23ClN2O2. The van der Waals surface area contributed by atoms with E-state index >= 15 is 0 Å². The van der Waals surface area contributed by atoms with Crippen LogP contribution in [0.25, 0.3) is 0 Å². The van der Waals surface area contributed by atoms with Gasteiger partial charge < -0.3 is 16.2 Å². The SMILES string of the molecule is CCc1ccc(O)c(NC(=O)C2C3CCC(C3)C2N)c1.Cl. The van der Waals surface area contributed by atoms with Crippen LogP contribution in [-0.4, -0.2) is 17.1 Å². The van der Waals surface area contributed by atoms with Crippen molar-refractivity contribution in [3.05, 3.63) is 23.8 Å². The van der Waals surface area contributed by atoms with Gasteiger partial charge in [-0.1, -0.05) is 13.0 Å². The number of rotatable bonds is 3. The Bertz CT molecular complexity index is 533. The largest absolute Gasteiger partial charge is 0.506 e. The number of nitrogens with two attached hydrogens (primary N) is 1. The van der Waals surface area contributed by atoms with Crippen LogP contribution in [0.1, 0.15) is 31.7 Å². The molecule has 0 aromatic heterocycles. The summed E-state index contributed by atoms with van der Waals surface area (Å²) >= 11 is 0. The number of amides is 1. The monoisotopic (exact) mass is 310 g/mol. The first-order valence-electron chi connectivity index (χ1n) is 7.48. The predicted molar refractivity (Wildman–Crippen MR) is 85.7 cm³/mol. The number of phenolic OH excluding ortho intramolecular Hbond substituents is 1. The van der Waals surface area contributed by atoms with E-state index in [9.17, 15) is 9.90 Å². The minimum absolute atomic E-state index is 0. The fourth-order valence-corrected chi connectivity index (χ4v) is 3.84. The molecular weight excluding hydrogens is 288 g/mol. The van der Waals surface area contributed by atoms with E-state index in [0.717, 1.165) is 31.2 Å². The van der Waals surface area contributed by atoms with E-state index in [1.165, 1.54) is 0 Å². The highest BCUT2D eigenvalue weighted by Gasteiger charge is 2.49. The normalized spacial score (nSPS) is 30.0. The molecule has 21 heavy (non-hydrogen) atoms. The van der Waals surface area contributed by atoms with E-state index in [4.69, 9.17) is 5.73 Å². The van der Waals surface area contributed by atoms with Crippen molar-refractivity contribution >= 4 is 24.0 Å². The molecule has 2 saturated carbocycles. The minimum atomic E-state index is -0.0987. The van der Waals surface area contributed by atoms with Gasteiger partial charge in [-0.2, -0.15) is 0 Å². The van der Waals surface area contributed by atoms with Gasteiger partial charge in [-0.25, -0.2) is 0 Å². The van der Waals surface area contributed by atoms with Gasteiger partial charge in [0.15, 0.2) is 0 Å². The van der Waals surface area contributed by atoms with Crippen LogP contribution in [0.5, 0.6) is 5.75 Å². The van der Waals surface area contributed by atoms with Crippen LogP contribution in [0.4, 0.5) is 5.69 Å². The zero-order valence-electron chi connectivity index (χ0n) is 12.2. The Balaban J connectivity index is 0.00000161. The third kappa shape index (κ3) is 2.87. The van der Waals surface area contributed by atoms with Crippen molar-refractivity contribution in [1.29, 1.82) is 0 Å². The number of benzene rings is 1. The van der Waals surface area contributed by atoms with E-state index in [2.05, 4.69) is 5.32 Å². The standard InChI is InChI=1S/C16H22N2O2.ClH/c1-2-9-3-6-13(19)12(7-9)18-16(20)14-10-4-5-11(8-10)15(14)17;/h3,6-7,10-11,14-15,19H,2,4-5,8,17H2,1H3,(H,18,20);1H. The average molecular weight is 311 g/mol. The number of halogens is 1. The van der Waals surface area contributed by atoms with Gasteiger partial charge in [-0.3, -0.25) is 4.79 Å². The van der Waals surface area contributed by atoms with Crippen LogP contribution in [0.15, 0.2) is 18.2 Å². The van der Waals surface area contributed by atoms with Crippen molar-refractivity contribution in [1.82, 2.24) is 0 Å². The van der Waals surface area contributed by atoms with Crippen LogP contribution in [0.3, 0.4) is 0 Å². The van der Waals surface area contributed by atoms with Gasteiger partial charge in [-0.15, -0.1) is 12.4 Å². The predicted octanol–water partition coefficient (Wildman–Crippen LogP) is 2.69. The Morgan fingerprint density at radius 3 is 2.71 bits per heavy atom. The van der Waals surface area contributed by atoms with Gasteiger partial charge in [0.1, 0.15) is 5.75 Å². The Morgan fingerprint density at radius 1 is 1.38 bits per heavy atom. The van der Waals surface area contributed by atoms with Gasteiger partial charge in [0, 0.05) is 6.04 Å². The molecule has 2 aliphatic rings. The summed E-state index contributed by atoms with van der Waals surface area (Å²) in [4.78, 5) is 12.5. The summed E-state index contributed by atoms with van der Waals surface area (Å²) in [6.45, 7) is 2.05. The molecule has 1 aromatic carbocycles. The van der Waals surface area contributed by atoms with Gasteiger partial charge in [0.05, 0.1) is 11.6 Å². The highest BCUT2D eigenvalue weighted by atomic mass is 35.5. The Kier molecular flexibility index (Phi) is 4.79. The summed E-state index contributed by atoms with van der Waals surface area (Å²) in [5.41, 5.74) is 7.79. The smallest absolute Gasteiger partial charge is 0.229 e. The Hall–Kier alpha value is -1.26. The number of nitrogens with one attached hydrogen (secondary N) is 1. The molecule has 5 heteroatoms. The lowest BCUT2D eigenvalue weighted by atomic mass is 9.84. The molecule has 2 aliphatic carbocycles. The summed E-state index contributed by atoms with van der Waals surface area (Å²) in [6.07, 6.45) is 4.22. The maximum absolute atomic E-state index is 12.5. The third-order valence-corrected chi connectivity index (χ3v) is 5.01. The fourth-order valence-electron chi connectivity index (χ4n) is 3.84. The third-order valence-electron chi connectivity index (χ3n) is 5.01. The van der Waals surface area contributed by atoms with Crippen molar-refractivity contribution in [3.63, 3.8) is 0 Å². The van der Waals surface area contributed by atoms with Crippen LogP contribution < -0.4 is 11.1 Å². The molecule has 2 fully saturated rings. The first-order valence-corrected chi connectivity index (χ1v) is 7.48. The highest BCUT2D eigenvalue weighted by Crippen LogP contribution is 2.48. The maximum Gasteiger partial charge on any atom is 0.229 e. The number of carbonyl (C=O) groups excluding carboxylic acids is 1. The number of aryl methyl sites for hydroxylation is 1. The molecule has 4 unspecified atom stereocenters. The Labute approximate surface area is 131 Å². The van der Waals surface area contributed by atoms with Crippen molar-refractivity contribution in [2.75, 3.05) is 5.32 Å². The lowest BCUT2D eigenvalue weighted by Crippen LogP contribution is -2.42. The van der Waals surface area contributed by atoms with E-state index in [0.29, 0.717) is 17.5 Å². The van der Waals surface area contributed by atoms with Gasteiger partial charge in [0.25, 0.3) is 0 Å². The molecule has 116 valence electrons. The quantitative estimate of drug-likeness (QED) is 0.751. The molecule has 4 nitrogen and oxygen atoms in total. The summed E-state index contributed by atoms with van der Waals surface area (Å²) < 4.78 is 0. The lowest BCUT2D eigenvalue weighted by molar-refractivity contribution is -0.121. The topological polar surface area (TPSA) is 75.3 Å². The van der Waals surface area contributed by atoms with E-state index in [1.54, 1.807) is 6.07 Å². The second-order valence-corrected chi connectivity index (χ2v) is 6.13. The van der Waals surface area contributed by atoms with Crippen molar-refractivity contribution in [3.8, 4) is 5.75 Å². The molecule has 0 aliphatic heterocycles. The molecule has 2 bridgehead atoms. The van der Waals surface area contributed by atoms with Crippen LogP contribution >= 0.6 is 12.4 Å². The number of hydrogen-bond acceptors (Lipinski definition) is 3. The molecule has 0 radical (unpaired) electrons. The summed E-state index contributed by atoms with van der Waals surface area (Å²) in [7, 11) is 0. The number of fused-ring (bicyclic) bond motifs is 2. The zero-order valence-corrected chi connectivity index (χ0v) is 13.0. The summed E-state index contributed by atoms with van der Waals surface area (Å²) in [6, 6.07) is 5.32. The van der Waals surface area contributed by atoms with Crippen LogP contribution in [-0.2, 0) is 11.2 Å². The van der Waals surface area contributed by atoms with Crippen molar-refractivity contribution in [2.45, 2.75) is 38.6 Å². The van der Waals surface area contributed by atoms with Crippen LogP contribution in [0.2, 0.25) is 0 Å². The first-order chi connectivity index (χ1) is 9.60. The second-order valence-electron chi connectivity index (χ2n) is 6.13. The molecule has 4 N–H and O–H groups in total. The number of aromatic hydroxyl groups is 1. The molecule has 3 rings (SSSR count). The van der Waals surface area contributed by atoms with Crippen molar-refractivity contribution in [2.24, 2.45) is 23.5 Å². The first kappa shape index (κ1) is 16.1. The minimum Gasteiger partial charge on any atom is -0.506 e. The molecule has 1 aromatic rings. The average Bonchev–Trinajstić information content (AvgIpc) is 3.01. The number of phenols is 1. The fraction of sp³-hybridized carbons (Fsp3) is 0.562. The maximum atomic E-state index is 12.5. The number of carbonyl (C=O) groups is 1. The van der Waals surface area contributed by atoms with Crippen molar-refractivity contribution < 1.29 is 9.90 Å². The van der Waals surface area contributed by atoms with Gasteiger partial charge >= 0.3 is 0 Å². The van der Waals surface area contributed by atoms with E-state index < -0.39 is 0 Å². The number of anilines is 1. The molecule has 4 atom stereocenters. The molecule has 0 saturated heterocycles.